The van der Waals surface area contributed by atoms with E-state index < -0.39 is 0 Å². The standard InChI is InChI=1S/C20H30N2O2/c1-17(2)21-13-10-19(11-14-21)20(24)22(15-16-23)12-6-9-18-7-4-3-5-8-18/h3-9,17,19,23H,10-16H2,1-2H3/b9-6+. The van der Waals surface area contributed by atoms with Gasteiger partial charge in [-0.05, 0) is 45.3 Å². The third-order valence-corrected chi connectivity index (χ3v) is 4.73. The molecule has 0 saturated carbocycles. The van der Waals surface area contributed by atoms with E-state index in [1.165, 1.54) is 0 Å². The van der Waals surface area contributed by atoms with Gasteiger partial charge in [-0.3, -0.25) is 4.79 Å². The van der Waals surface area contributed by atoms with E-state index in [0.717, 1.165) is 31.5 Å². The molecule has 24 heavy (non-hydrogen) atoms. The van der Waals surface area contributed by atoms with Gasteiger partial charge in [0.05, 0.1) is 6.61 Å². The lowest BCUT2D eigenvalue weighted by atomic mass is 9.94. The van der Waals surface area contributed by atoms with Gasteiger partial charge in [0.25, 0.3) is 0 Å². The van der Waals surface area contributed by atoms with Crippen LogP contribution in [-0.2, 0) is 4.79 Å². The van der Waals surface area contributed by atoms with Gasteiger partial charge in [-0.15, -0.1) is 0 Å². The van der Waals surface area contributed by atoms with Crippen LogP contribution in [0, 0.1) is 5.92 Å². The summed E-state index contributed by atoms with van der Waals surface area (Å²) in [4.78, 5) is 17.0. The zero-order chi connectivity index (χ0) is 17.4. The summed E-state index contributed by atoms with van der Waals surface area (Å²) in [6.07, 6.45) is 5.87. The van der Waals surface area contributed by atoms with Crippen LogP contribution < -0.4 is 0 Å². The number of rotatable bonds is 7. The molecule has 1 aromatic carbocycles. The zero-order valence-corrected chi connectivity index (χ0v) is 14.9. The van der Waals surface area contributed by atoms with Crippen molar-refractivity contribution in [3.05, 3.63) is 42.0 Å². The van der Waals surface area contributed by atoms with Crippen LogP contribution in [0.4, 0.5) is 0 Å². The first-order valence-electron chi connectivity index (χ1n) is 8.97. The van der Waals surface area contributed by atoms with E-state index in [-0.39, 0.29) is 18.4 Å². The molecule has 0 unspecified atom stereocenters. The number of hydrogen-bond donors (Lipinski definition) is 1. The van der Waals surface area contributed by atoms with Gasteiger partial charge in [0.15, 0.2) is 0 Å². The average molecular weight is 330 g/mol. The van der Waals surface area contributed by atoms with Crippen molar-refractivity contribution in [2.24, 2.45) is 5.92 Å². The summed E-state index contributed by atoms with van der Waals surface area (Å²) in [5.74, 6) is 0.279. The Morgan fingerprint density at radius 2 is 1.96 bits per heavy atom. The van der Waals surface area contributed by atoms with Gasteiger partial charge in [0.1, 0.15) is 0 Å². The van der Waals surface area contributed by atoms with Gasteiger partial charge in [0.2, 0.25) is 5.91 Å². The van der Waals surface area contributed by atoms with Gasteiger partial charge in [-0.1, -0.05) is 42.5 Å². The smallest absolute Gasteiger partial charge is 0.226 e. The molecule has 4 nitrogen and oxygen atoms in total. The molecule has 0 atom stereocenters. The van der Waals surface area contributed by atoms with Crippen molar-refractivity contribution in [1.82, 2.24) is 9.80 Å². The number of nitrogens with zero attached hydrogens (tertiary/aromatic N) is 2. The van der Waals surface area contributed by atoms with Gasteiger partial charge < -0.3 is 14.9 Å². The maximum atomic E-state index is 12.8. The van der Waals surface area contributed by atoms with Crippen LogP contribution in [0.15, 0.2) is 36.4 Å². The lowest BCUT2D eigenvalue weighted by molar-refractivity contribution is -0.137. The summed E-state index contributed by atoms with van der Waals surface area (Å²) >= 11 is 0. The first-order chi connectivity index (χ1) is 11.6. The fraction of sp³-hybridized carbons (Fsp3) is 0.550. The molecular formula is C20H30N2O2. The molecule has 1 saturated heterocycles. The van der Waals surface area contributed by atoms with Crippen LogP contribution in [0.3, 0.4) is 0 Å². The van der Waals surface area contributed by atoms with Crippen LogP contribution in [0.5, 0.6) is 0 Å². The predicted octanol–water partition coefficient (Wildman–Crippen LogP) is 2.64. The first kappa shape index (κ1) is 18.7. The summed E-state index contributed by atoms with van der Waals surface area (Å²) in [5, 5.41) is 9.29. The number of piperidine rings is 1. The van der Waals surface area contributed by atoms with Crippen molar-refractivity contribution in [3.63, 3.8) is 0 Å². The normalized spacial score (nSPS) is 16.8. The second kappa shape index (κ2) is 9.60. The van der Waals surface area contributed by atoms with E-state index in [1.54, 1.807) is 4.90 Å². The molecule has 1 fully saturated rings. The number of hydrogen-bond acceptors (Lipinski definition) is 3. The average Bonchev–Trinajstić information content (AvgIpc) is 2.61. The SMILES string of the molecule is CC(C)N1CCC(C(=O)N(C/C=C/c2ccccc2)CCO)CC1. The predicted molar refractivity (Wildman–Crippen MR) is 98.6 cm³/mol. The molecule has 1 N–H and O–H groups in total. The number of aliphatic hydroxyl groups is 1. The summed E-state index contributed by atoms with van der Waals surface area (Å²) < 4.78 is 0. The van der Waals surface area contributed by atoms with E-state index in [0.29, 0.717) is 19.1 Å². The molecule has 132 valence electrons. The molecule has 0 spiro atoms. The topological polar surface area (TPSA) is 43.8 Å². The highest BCUT2D eigenvalue weighted by atomic mass is 16.3. The van der Waals surface area contributed by atoms with Crippen molar-refractivity contribution in [2.75, 3.05) is 32.8 Å². The summed E-state index contributed by atoms with van der Waals surface area (Å²) in [7, 11) is 0. The quantitative estimate of drug-likeness (QED) is 0.836. The van der Waals surface area contributed by atoms with Gasteiger partial charge in [-0.25, -0.2) is 0 Å². The summed E-state index contributed by atoms with van der Waals surface area (Å²) in [6, 6.07) is 10.6. The zero-order valence-electron chi connectivity index (χ0n) is 14.9. The number of amides is 1. The van der Waals surface area contributed by atoms with Crippen molar-refractivity contribution < 1.29 is 9.90 Å². The van der Waals surface area contributed by atoms with Crippen molar-refractivity contribution in [2.45, 2.75) is 32.7 Å². The van der Waals surface area contributed by atoms with Crippen molar-refractivity contribution in [3.8, 4) is 0 Å². The lowest BCUT2D eigenvalue weighted by Crippen LogP contribution is -2.45. The number of carbonyl (C=O) groups excluding carboxylic acids is 1. The second-order valence-electron chi connectivity index (χ2n) is 6.72. The maximum absolute atomic E-state index is 12.8. The fourth-order valence-electron chi connectivity index (χ4n) is 3.21. The summed E-state index contributed by atoms with van der Waals surface area (Å²) in [6.45, 7) is 7.35. The Labute approximate surface area is 145 Å². The molecule has 0 bridgehead atoms. The van der Waals surface area contributed by atoms with E-state index >= 15 is 0 Å². The Hall–Kier alpha value is -1.65. The fourth-order valence-corrected chi connectivity index (χ4v) is 3.21. The van der Waals surface area contributed by atoms with Crippen LogP contribution in [0.1, 0.15) is 32.3 Å². The molecule has 1 aliphatic rings. The number of benzene rings is 1. The number of carbonyl (C=O) groups is 1. The van der Waals surface area contributed by atoms with Gasteiger partial charge in [-0.2, -0.15) is 0 Å². The molecular weight excluding hydrogens is 300 g/mol. The third-order valence-electron chi connectivity index (χ3n) is 4.73. The molecule has 4 heteroatoms. The van der Waals surface area contributed by atoms with Crippen molar-refractivity contribution >= 4 is 12.0 Å². The molecule has 1 aliphatic heterocycles. The first-order valence-corrected chi connectivity index (χ1v) is 8.97. The monoisotopic (exact) mass is 330 g/mol. The van der Waals surface area contributed by atoms with E-state index in [4.69, 9.17) is 0 Å². The third kappa shape index (κ3) is 5.46. The van der Waals surface area contributed by atoms with E-state index in [2.05, 4.69) is 18.7 Å². The van der Waals surface area contributed by atoms with Crippen LogP contribution in [0.25, 0.3) is 6.08 Å². The number of aliphatic hydroxyl groups excluding tert-OH is 1. The molecule has 2 rings (SSSR count). The maximum Gasteiger partial charge on any atom is 0.226 e. The molecule has 1 aromatic rings. The van der Waals surface area contributed by atoms with Crippen LogP contribution in [-0.4, -0.2) is 59.6 Å². The highest BCUT2D eigenvalue weighted by Crippen LogP contribution is 2.21. The lowest BCUT2D eigenvalue weighted by Gasteiger charge is -2.35. The van der Waals surface area contributed by atoms with Gasteiger partial charge >= 0.3 is 0 Å². The Bertz CT molecular complexity index is 520. The van der Waals surface area contributed by atoms with Crippen LogP contribution >= 0.6 is 0 Å². The van der Waals surface area contributed by atoms with Crippen molar-refractivity contribution in [1.29, 1.82) is 0 Å². The Morgan fingerprint density at radius 3 is 2.54 bits per heavy atom. The number of likely N-dealkylation sites (tertiary alicyclic amines) is 1. The molecule has 0 aliphatic carbocycles. The minimum absolute atomic E-state index is 0.00968. The minimum atomic E-state index is 0.00968. The Balaban J connectivity index is 1.89. The highest BCUT2D eigenvalue weighted by molar-refractivity contribution is 5.79. The Morgan fingerprint density at radius 1 is 1.29 bits per heavy atom. The van der Waals surface area contributed by atoms with E-state index in [9.17, 15) is 9.90 Å². The summed E-state index contributed by atoms with van der Waals surface area (Å²) in [5.41, 5.74) is 1.12. The van der Waals surface area contributed by atoms with Crippen LogP contribution in [0.2, 0.25) is 0 Å². The molecule has 1 heterocycles. The minimum Gasteiger partial charge on any atom is -0.395 e. The largest absolute Gasteiger partial charge is 0.395 e. The molecule has 0 aromatic heterocycles. The van der Waals surface area contributed by atoms with E-state index in [1.807, 2.05) is 42.5 Å². The highest BCUT2D eigenvalue weighted by Gasteiger charge is 2.28. The van der Waals surface area contributed by atoms with Gasteiger partial charge in [0, 0.05) is 25.0 Å². The second-order valence-corrected chi connectivity index (χ2v) is 6.72. The Kier molecular flexibility index (Phi) is 7.47. The molecule has 1 amide bonds. The molecule has 0 radical (unpaired) electrons.